The summed E-state index contributed by atoms with van der Waals surface area (Å²) in [7, 11) is 0. The molecular formula is C19H20N2O4. The third-order valence-electron chi connectivity index (χ3n) is 4.02. The van der Waals surface area contributed by atoms with Crippen LogP contribution in [0.4, 0.5) is 0 Å². The normalized spacial score (nSPS) is 11.0. The summed E-state index contributed by atoms with van der Waals surface area (Å²) in [6, 6.07) is 9.54. The van der Waals surface area contributed by atoms with Crippen LogP contribution in [0.2, 0.25) is 0 Å². The molecule has 0 radical (unpaired) electrons. The number of fused-ring (bicyclic) bond motifs is 3. The Balaban J connectivity index is 2.35. The molecule has 3 aromatic rings. The summed E-state index contributed by atoms with van der Waals surface area (Å²) in [5.41, 5.74) is 1.78. The second kappa shape index (κ2) is 6.93. The van der Waals surface area contributed by atoms with E-state index in [0.717, 1.165) is 16.3 Å². The minimum Gasteiger partial charge on any atom is -0.462 e. The van der Waals surface area contributed by atoms with Crippen molar-refractivity contribution < 1.29 is 19.1 Å². The summed E-state index contributed by atoms with van der Waals surface area (Å²) in [4.78, 5) is 29.2. The number of carbonyl (C=O) groups is 2. The molecule has 0 bridgehead atoms. The highest BCUT2D eigenvalue weighted by Gasteiger charge is 2.24. The van der Waals surface area contributed by atoms with Crippen LogP contribution in [0.25, 0.3) is 21.9 Å². The summed E-state index contributed by atoms with van der Waals surface area (Å²) < 4.78 is 12.2. The molecule has 6 heteroatoms. The molecule has 0 spiro atoms. The number of pyridine rings is 1. The molecule has 3 rings (SSSR count). The Bertz CT molecular complexity index is 959. The van der Waals surface area contributed by atoms with Gasteiger partial charge in [0.15, 0.2) is 5.69 Å². The quantitative estimate of drug-likeness (QED) is 0.664. The minimum absolute atomic E-state index is 0.00898. The molecule has 0 atom stereocenters. The molecule has 0 amide bonds. The molecule has 130 valence electrons. The number of benzene rings is 1. The van der Waals surface area contributed by atoms with Crippen LogP contribution >= 0.6 is 0 Å². The first-order valence-corrected chi connectivity index (χ1v) is 8.38. The monoisotopic (exact) mass is 340 g/mol. The van der Waals surface area contributed by atoms with Crippen LogP contribution in [0.3, 0.4) is 0 Å². The zero-order chi connectivity index (χ0) is 18.0. The van der Waals surface area contributed by atoms with E-state index >= 15 is 0 Å². The average molecular weight is 340 g/mol. The zero-order valence-electron chi connectivity index (χ0n) is 14.5. The van der Waals surface area contributed by atoms with Crippen molar-refractivity contribution in [3.05, 3.63) is 41.6 Å². The van der Waals surface area contributed by atoms with E-state index in [1.54, 1.807) is 19.9 Å². The highest BCUT2D eigenvalue weighted by molar-refractivity contribution is 6.11. The van der Waals surface area contributed by atoms with Crippen LogP contribution in [-0.4, -0.2) is 34.7 Å². The molecule has 0 saturated carbocycles. The van der Waals surface area contributed by atoms with Crippen LogP contribution in [0.15, 0.2) is 30.3 Å². The van der Waals surface area contributed by atoms with Crippen molar-refractivity contribution in [2.45, 2.75) is 27.3 Å². The molecule has 0 aliphatic carbocycles. The number of aromatic nitrogens is 2. The molecule has 0 aliphatic rings. The van der Waals surface area contributed by atoms with Gasteiger partial charge in [0.25, 0.3) is 0 Å². The lowest BCUT2D eigenvalue weighted by molar-refractivity contribution is 0.0474. The van der Waals surface area contributed by atoms with Crippen LogP contribution in [0, 0.1) is 0 Å². The highest BCUT2D eigenvalue weighted by Crippen LogP contribution is 2.30. The fourth-order valence-electron chi connectivity index (χ4n) is 3.00. The average Bonchev–Trinajstić information content (AvgIpc) is 2.94. The minimum atomic E-state index is -0.625. The molecule has 1 aromatic carbocycles. The second-order valence-corrected chi connectivity index (χ2v) is 5.46. The first kappa shape index (κ1) is 17.0. The summed E-state index contributed by atoms with van der Waals surface area (Å²) in [5.74, 6) is -1.20. The lowest BCUT2D eigenvalue weighted by Crippen LogP contribution is -2.16. The van der Waals surface area contributed by atoms with Crippen LogP contribution < -0.4 is 0 Å². The Labute approximate surface area is 145 Å². The molecule has 0 aliphatic heterocycles. The van der Waals surface area contributed by atoms with Gasteiger partial charge in [-0.2, -0.15) is 0 Å². The van der Waals surface area contributed by atoms with E-state index in [0.29, 0.717) is 12.2 Å². The van der Waals surface area contributed by atoms with E-state index in [1.165, 1.54) is 0 Å². The van der Waals surface area contributed by atoms with Gasteiger partial charge in [0.05, 0.1) is 24.3 Å². The van der Waals surface area contributed by atoms with Gasteiger partial charge in [0.1, 0.15) is 5.65 Å². The van der Waals surface area contributed by atoms with Gasteiger partial charge in [-0.05, 0) is 32.9 Å². The van der Waals surface area contributed by atoms with Gasteiger partial charge < -0.3 is 14.0 Å². The van der Waals surface area contributed by atoms with Crippen molar-refractivity contribution in [2.75, 3.05) is 13.2 Å². The summed E-state index contributed by atoms with van der Waals surface area (Å²) in [6.45, 7) is 6.56. The van der Waals surface area contributed by atoms with E-state index in [-0.39, 0.29) is 24.5 Å². The predicted molar refractivity (Wildman–Crippen MR) is 94.8 cm³/mol. The number of esters is 2. The standard InChI is InChI=1S/C19H20N2O4/c1-4-21-15-10-8-7-9-12(15)13-11-14(18(22)24-5-2)16(20-17(13)21)19(23)25-6-3/h7-11H,4-6H2,1-3H3. The van der Waals surface area contributed by atoms with Crippen LogP contribution in [0.1, 0.15) is 41.6 Å². The van der Waals surface area contributed by atoms with Crippen molar-refractivity contribution in [1.82, 2.24) is 9.55 Å². The third kappa shape index (κ3) is 2.84. The maximum absolute atomic E-state index is 12.4. The van der Waals surface area contributed by atoms with Gasteiger partial charge >= 0.3 is 11.9 Å². The maximum atomic E-state index is 12.4. The maximum Gasteiger partial charge on any atom is 0.357 e. The summed E-state index contributed by atoms with van der Waals surface area (Å²) in [6.07, 6.45) is 0. The Morgan fingerprint density at radius 1 is 1.00 bits per heavy atom. The molecule has 2 aromatic heterocycles. The van der Waals surface area contributed by atoms with Gasteiger partial charge in [-0.25, -0.2) is 14.6 Å². The van der Waals surface area contributed by atoms with Gasteiger partial charge in [0, 0.05) is 17.3 Å². The largest absolute Gasteiger partial charge is 0.462 e. The lowest BCUT2D eigenvalue weighted by atomic mass is 10.1. The Morgan fingerprint density at radius 2 is 1.68 bits per heavy atom. The molecule has 2 heterocycles. The number of hydrogen-bond donors (Lipinski definition) is 0. The molecule has 6 nitrogen and oxygen atoms in total. The van der Waals surface area contributed by atoms with Crippen molar-refractivity contribution >= 4 is 33.9 Å². The smallest absolute Gasteiger partial charge is 0.357 e. The Morgan fingerprint density at radius 3 is 2.36 bits per heavy atom. The number of aryl methyl sites for hydroxylation is 1. The van der Waals surface area contributed by atoms with Gasteiger partial charge in [-0.1, -0.05) is 18.2 Å². The molecule has 25 heavy (non-hydrogen) atoms. The number of rotatable bonds is 5. The first-order chi connectivity index (χ1) is 12.1. The highest BCUT2D eigenvalue weighted by atomic mass is 16.5. The molecule has 0 fully saturated rings. The topological polar surface area (TPSA) is 70.4 Å². The number of hydrogen-bond acceptors (Lipinski definition) is 5. The third-order valence-corrected chi connectivity index (χ3v) is 4.02. The Kier molecular flexibility index (Phi) is 4.70. The molecule has 0 saturated heterocycles. The lowest BCUT2D eigenvalue weighted by Gasteiger charge is -2.09. The van der Waals surface area contributed by atoms with E-state index in [2.05, 4.69) is 4.98 Å². The number of ether oxygens (including phenoxy) is 2. The fourth-order valence-corrected chi connectivity index (χ4v) is 3.00. The number of para-hydroxylation sites is 1. The number of nitrogens with zero attached hydrogens (tertiary/aromatic N) is 2. The summed E-state index contributed by atoms with van der Waals surface area (Å²) >= 11 is 0. The van der Waals surface area contributed by atoms with Crippen molar-refractivity contribution in [2.24, 2.45) is 0 Å². The van der Waals surface area contributed by atoms with Crippen molar-refractivity contribution in [1.29, 1.82) is 0 Å². The second-order valence-electron chi connectivity index (χ2n) is 5.46. The molecular weight excluding hydrogens is 320 g/mol. The first-order valence-electron chi connectivity index (χ1n) is 8.38. The van der Waals surface area contributed by atoms with Crippen molar-refractivity contribution in [3.63, 3.8) is 0 Å². The van der Waals surface area contributed by atoms with E-state index in [4.69, 9.17) is 9.47 Å². The fraction of sp³-hybridized carbons (Fsp3) is 0.316. The SMILES string of the molecule is CCOC(=O)c1cc2c3ccccc3n(CC)c2nc1C(=O)OCC. The van der Waals surface area contributed by atoms with E-state index in [9.17, 15) is 9.59 Å². The zero-order valence-corrected chi connectivity index (χ0v) is 14.5. The van der Waals surface area contributed by atoms with Gasteiger partial charge in [-0.3, -0.25) is 0 Å². The van der Waals surface area contributed by atoms with Crippen LogP contribution in [-0.2, 0) is 16.0 Å². The summed E-state index contributed by atoms with van der Waals surface area (Å²) in [5, 5.41) is 1.79. The van der Waals surface area contributed by atoms with E-state index < -0.39 is 11.9 Å². The molecule has 0 N–H and O–H groups in total. The Hall–Kier alpha value is -2.89. The van der Waals surface area contributed by atoms with E-state index in [1.807, 2.05) is 35.8 Å². The molecule has 0 unspecified atom stereocenters. The van der Waals surface area contributed by atoms with Crippen molar-refractivity contribution in [3.8, 4) is 0 Å². The van der Waals surface area contributed by atoms with Gasteiger partial charge in [0.2, 0.25) is 0 Å². The predicted octanol–water partition coefficient (Wildman–Crippen LogP) is 3.56. The van der Waals surface area contributed by atoms with Crippen LogP contribution in [0.5, 0.6) is 0 Å². The van der Waals surface area contributed by atoms with Gasteiger partial charge in [-0.15, -0.1) is 0 Å². The number of carbonyl (C=O) groups excluding carboxylic acids is 2.